The molecule has 1 N–H and O–H groups in total. The molecule has 0 atom stereocenters. The molecule has 0 spiro atoms. The van der Waals surface area contributed by atoms with Crippen LogP contribution < -0.4 is 4.31 Å². The van der Waals surface area contributed by atoms with Gasteiger partial charge in [-0.25, -0.2) is 8.42 Å². The molecule has 0 aliphatic carbocycles. The lowest BCUT2D eigenvalue weighted by Gasteiger charge is -2.24. The van der Waals surface area contributed by atoms with E-state index in [0.717, 1.165) is 22.0 Å². The van der Waals surface area contributed by atoms with Crippen molar-refractivity contribution < 1.29 is 23.2 Å². The Bertz CT molecular complexity index is 910. The number of rotatable bonds is 7. The van der Waals surface area contributed by atoms with E-state index in [1.165, 1.54) is 18.2 Å². The molecule has 9 heteroatoms. The number of benzene rings is 2. The Hall–Kier alpha value is -2.94. The number of aryl methyl sites for hydroxylation is 1. The van der Waals surface area contributed by atoms with Gasteiger partial charge in [0.1, 0.15) is 0 Å². The van der Waals surface area contributed by atoms with Gasteiger partial charge in [0.2, 0.25) is 0 Å². The maximum absolute atomic E-state index is 13.0. The van der Waals surface area contributed by atoms with Crippen molar-refractivity contribution in [1.82, 2.24) is 0 Å². The van der Waals surface area contributed by atoms with Gasteiger partial charge in [-0.05, 0) is 30.7 Å². The normalized spacial score (nSPS) is 11.1. The van der Waals surface area contributed by atoms with Gasteiger partial charge < -0.3 is 5.11 Å². The smallest absolute Gasteiger partial charge is 0.305 e. The molecule has 0 aliphatic heterocycles. The summed E-state index contributed by atoms with van der Waals surface area (Å²) in [5.74, 6) is -1.17. The highest BCUT2D eigenvalue weighted by molar-refractivity contribution is 7.93. The molecule has 0 saturated carbocycles. The number of carboxylic acid groups (broad SMARTS) is 1. The van der Waals surface area contributed by atoms with Gasteiger partial charge in [0.25, 0.3) is 15.7 Å². The topological polar surface area (TPSA) is 118 Å². The average molecular weight is 364 g/mol. The van der Waals surface area contributed by atoms with Crippen LogP contribution in [0.15, 0.2) is 53.4 Å². The van der Waals surface area contributed by atoms with E-state index >= 15 is 0 Å². The van der Waals surface area contributed by atoms with Gasteiger partial charge in [0, 0.05) is 12.6 Å². The van der Waals surface area contributed by atoms with Crippen LogP contribution in [-0.2, 0) is 14.8 Å². The molecule has 0 unspecified atom stereocenters. The molecule has 0 aromatic heterocycles. The zero-order valence-electron chi connectivity index (χ0n) is 13.3. The highest BCUT2D eigenvalue weighted by Crippen LogP contribution is 2.30. The maximum atomic E-state index is 13.0. The Morgan fingerprint density at radius 2 is 1.88 bits per heavy atom. The lowest BCUT2D eigenvalue weighted by atomic mass is 10.2. The predicted molar refractivity (Wildman–Crippen MR) is 91.1 cm³/mol. The van der Waals surface area contributed by atoms with E-state index in [-0.39, 0.29) is 12.2 Å². The molecule has 2 aromatic carbocycles. The Morgan fingerprint density at radius 1 is 1.20 bits per heavy atom. The second-order valence-electron chi connectivity index (χ2n) is 5.28. The first-order chi connectivity index (χ1) is 11.7. The molecule has 0 amide bonds. The van der Waals surface area contributed by atoms with Crippen LogP contribution >= 0.6 is 0 Å². The van der Waals surface area contributed by atoms with Gasteiger partial charge in [-0.2, -0.15) is 0 Å². The number of anilines is 1. The fraction of sp³-hybridized carbons (Fsp3) is 0.188. The van der Waals surface area contributed by atoms with Crippen LogP contribution in [0.5, 0.6) is 0 Å². The molecular weight excluding hydrogens is 348 g/mol. The van der Waals surface area contributed by atoms with Gasteiger partial charge in [-0.15, -0.1) is 0 Å². The predicted octanol–water partition coefficient (Wildman–Crippen LogP) is 2.57. The molecular formula is C16H16N2O6S. The van der Waals surface area contributed by atoms with E-state index in [9.17, 15) is 23.3 Å². The lowest BCUT2D eigenvalue weighted by molar-refractivity contribution is -0.387. The SMILES string of the molecule is Cc1cccc(N(CCC(=O)O)S(=O)(=O)c2ccccc2[N+](=O)[O-])c1. The fourth-order valence-corrected chi connectivity index (χ4v) is 3.93. The molecule has 0 radical (unpaired) electrons. The second-order valence-corrected chi connectivity index (χ2v) is 7.12. The molecule has 2 aromatic rings. The van der Waals surface area contributed by atoms with Crippen molar-refractivity contribution in [2.75, 3.05) is 10.8 Å². The number of sulfonamides is 1. The number of hydrogen-bond donors (Lipinski definition) is 1. The molecule has 0 bridgehead atoms. The molecule has 0 heterocycles. The van der Waals surface area contributed by atoms with Crippen molar-refractivity contribution in [1.29, 1.82) is 0 Å². The Labute approximate surface area is 144 Å². The number of nitrogens with zero attached hydrogens (tertiary/aromatic N) is 2. The summed E-state index contributed by atoms with van der Waals surface area (Å²) in [6.45, 7) is 1.42. The van der Waals surface area contributed by atoms with Crippen LogP contribution in [0.4, 0.5) is 11.4 Å². The number of hydrogen-bond acceptors (Lipinski definition) is 5. The van der Waals surface area contributed by atoms with Crippen LogP contribution in [0.1, 0.15) is 12.0 Å². The Morgan fingerprint density at radius 3 is 2.48 bits per heavy atom. The number of carboxylic acids is 1. The third-order valence-corrected chi connectivity index (χ3v) is 5.32. The zero-order valence-corrected chi connectivity index (χ0v) is 14.1. The second kappa shape index (κ2) is 7.31. The van der Waals surface area contributed by atoms with E-state index in [4.69, 9.17) is 5.11 Å². The number of nitro groups is 1. The van der Waals surface area contributed by atoms with Crippen molar-refractivity contribution in [2.45, 2.75) is 18.2 Å². The van der Waals surface area contributed by atoms with Crippen molar-refractivity contribution in [3.63, 3.8) is 0 Å². The first kappa shape index (κ1) is 18.4. The Kier molecular flexibility index (Phi) is 5.38. The third-order valence-electron chi connectivity index (χ3n) is 3.45. The molecule has 0 aliphatic rings. The average Bonchev–Trinajstić information content (AvgIpc) is 2.54. The molecule has 25 heavy (non-hydrogen) atoms. The van der Waals surface area contributed by atoms with Gasteiger partial charge >= 0.3 is 5.97 Å². The number of aliphatic carboxylic acids is 1. The highest BCUT2D eigenvalue weighted by atomic mass is 32.2. The summed E-state index contributed by atoms with van der Waals surface area (Å²) in [5.41, 5.74) is 0.463. The minimum absolute atomic E-state index is 0.249. The molecule has 132 valence electrons. The summed E-state index contributed by atoms with van der Waals surface area (Å²) in [7, 11) is -4.31. The minimum Gasteiger partial charge on any atom is -0.481 e. The first-order valence-electron chi connectivity index (χ1n) is 7.28. The van der Waals surface area contributed by atoms with Crippen LogP contribution in [-0.4, -0.2) is 31.0 Å². The third kappa shape index (κ3) is 4.13. The van der Waals surface area contributed by atoms with E-state index in [0.29, 0.717) is 0 Å². The molecule has 8 nitrogen and oxygen atoms in total. The molecule has 0 saturated heterocycles. The van der Waals surface area contributed by atoms with Crippen molar-refractivity contribution in [2.24, 2.45) is 0 Å². The summed E-state index contributed by atoms with van der Waals surface area (Å²) in [6, 6.07) is 11.5. The van der Waals surface area contributed by atoms with Crippen LogP contribution in [0.2, 0.25) is 0 Å². The van der Waals surface area contributed by atoms with Gasteiger partial charge in [0.15, 0.2) is 4.90 Å². The van der Waals surface area contributed by atoms with Crippen LogP contribution in [0.3, 0.4) is 0 Å². The quantitative estimate of drug-likeness (QED) is 0.596. The van der Waals surface area contributed by atoms with Crippen LogP contribution in [0, 0.1) is 17.0 Å². The Balaban J connectivity index is 2.60. The fourth-order valence-electron chi connectivity index (χ4n) is 2.31. The van der Waals surface area contributed by atoms with Crippen LogP contribution in [0.25, 0.3) is 0 Å². The minimum atomic E-state index is -4.31. The number of para-hydroxylation sites is 1. The summed E-state index contributed by atoms with van der Waals surface area (Å²) >= 11 is 0. The lowest BCUT2D eigenvalue weighted by Crippen LogP contribution is -2.33. The van der Waals surface area contributed by atoms with Crippen molar-refractivity contribution in [3.05, 3.63) is 64.2 Å². The van der Waals surface area contributed by atoms with Crippen molar-refractivity contribution in [3.8, 4) is 0 Å². The number of nitro benzene ring substituents is 1. The zero-order chi connectivity index (χ0) is 18.6. The summed E-state index contributed by atoms with van der Waals surface area (Å²) in [6.07, 6.45) is -0.437. The van der Waals surface area contributed by atoms with Gasteiger partial charge in [0.05, 0.1) is 17.0 Å². The van der Waals surface area contributed by atoms with Gasteiger partial charge in [-0.3, -0.25) is 19.2 Å². The maximum Gasteiger partial charge on any atom is 0.305 e. The number of carbonyl (C=O) groups is 1. The first-order valence-corrected chi connectivity index (χ1v) is 8.72. The molecule has 0 fully saturated rings. The summed E-state index contributed by atoms with van der Waals surface area (Å²) in [5, 5.41) is 20.1. The van der Waals surface area contributed by atoms with E-state index in [1.807, 2.05) is 0 Å². The molecule has 2 rings (SSSR count). The van der Waals surface area contributed by atoms with Crippen molar-refractivity contribution >= 4 is 27.4 Å². The van der Waals surface area contributed by atoms with Gasteiger partial charge in [-0.1, -0.05) is 24.3 Å². The van der Waals surface area contributed by atoms with E-state index in [1.54, 1.807) is 25.1 Å². The summed E-state index contributed by atoms with van der Waals surface area (Å²) < 4.78 is 26.9. The summed E-state index contributed by atoms with van der Waals surface area (Å²) in [4.78, 5) is 20.8. The van der Waals surface area contributed by atoms with E-state index in [2.05, 4.69) is 0 Å². The standard InChI is InChI=1S/C16H16N2O6S/c1-12-5-4-6-13(11-12)17(10-9-16(19)20)25(23,24)15-8-3-2-7-14(15)18(21)22/h2-8,11H,9-10H2,1H3,(H,19,20). The highest BCUT2D eigenvalue weighted by Gasteiger charge is 2.32. The monoisotopic (exact) mass is 364 g/mol. The van der Waals surface area contributed by atoms with E-state index < -0.39 is 37.9 Å². The largest absolute Gasteiger partial charge is 0.481 e.